The molecule has 2 saturated carbocycles. The molecule has 1 saturated heterocycles. The van der Waals surface area contributed by atoms with Crippen LogP contribution in [0, 0.1) is 24.7 Å². The van der Waals surface area contributed by atoms with E-state index in [0.717, 1.165) is 18.7 Å². The van der Waals surface area contributed by atoms with Gasteiger partial charge >= 0.3 is 0 Å². The number of hydrogen-bond donors (Lipinski definition) is 1. The van der Waals surface area contributed by atoms with Crippen LogP contribution in [0.1, 0.15) is 44.7 Å². The molecule has 0 spiro atoms. The van der Waals surface area contributed by atoms with Gasteiger partial charge in [-0.25, -0.2) is 13.1 Å². The highest BCUT2D eigenvalue weighted by Crippen LogP contribution is 2.51. The van der Waals surface area contributed by atoms with Crippen LogP contribution in [-0.4, -0.2) is 37.0 Å². The predicted octanol–water partition coefficient (Wildman–Crippen LogP) is 2.08. The summed E-state index contributed by atoms with van der Waals surface area (Å²) < 4.78 is 36.5. The molecular weight excluding hydrogens is 326 g/mol. The van der Waals surface area contributed by atoms with Crippen LogP contribution in [0.2, 0.25) is 0 Å². The second kappa shape index (κ2) is 6.11. The molecular formula is C17H27N3O3S. The number of ether oxygens (including phenoxy) is 1. The van der Waals surface area contributed by atoms with E-state index in [1.165, 1.54) is 25.7 Å². The zero-order valence-corrected chi connectivity index (χ0v) is 15.3. The van der Waals surface area contributed by atoms with E-state index in [-0.39, 0.29) is 17.2 Å². The zero-order chi connectivity index (χ0) is 16.9. The van der Waals surface area contributed by atoms with Gasteiger partial charge in [0, 0.05) is 31.0 Å². The molecule has 1 aromatic heterocycles. The first-order valence-electron chi connectivity index (χ1n) is 9.19. The van der Waals surface area contributed by atoms with Crippen LogP contribution in [0.4, 0.5) is 0 Å². The van der Waals surface area contributed by atoms with Crippen LogP contribution < -0.4 is 4.72 Å². The van der Waals surface area contributed by atoms with Gasteiger partial charge in [-0.1, -0.05) is 25.7 Å². The van der Waals surface area contributed by atoms with E-state index in [4.69, 9.17) is 4.74 Å². The van der Waals surface area contributed by atoms with Gasteiger partial charge in [0.25, 0.3) is 10.0 Å². The maximum atomic E-state index is 13.0. The van der Waals surface area contributed by atoms with E-state index >= 15 is 0 Å². The van der Waals surface area contributed by atoms with Gasteiger partial charge in [-0.05, 0) is 32.3 Å². The average Bonchev–Trinajstić information content (AvgIpc) is 3.25. The summed E-state index contributed by atoms with van der Waals surface area (Å²) in [5, 5.41) is 4.57. The molecule has 2 heterocycles. The third kappa shape index (κ3) is 2.61. The number of nitrogens with one attached hydrogen (secondary N) is 1. The van der Waals surface area contributed by atoms with E-state index < -0.39 is 10.0 Å². The molecule has 2 aliphatic carbocycles. The number of sulfonamides is 1. The van der Waals surface area contributed by atoms with Crippen molar-refractivity contribution in [2.45, 2.75) is 69.7 Å². The summed E-state index contributed by atoms with van der Waals surface area (Å²) >= 11 is 0. The first-order chi connectivity index (χ1) is 11.5. The van der Waals surface area contributed by atoms with Crippen molar-refractivity contribution in [2.75, 3.05) is 6.61 Å². The third-order valence-corrected chi connectivity index (χ3v) is 7.58. The molecule has 7 heteroatoms. The summed E-state index contributed by atoms with van der Waals surface area (Å²) in [6.07, 6.45) is 6.18. The van der Waals surface area contributed by atoms with Crippen molar-refractivity contribution in [3.05, 3.63) is 11.8 Å². The molecule has 4 rings (SSSR count). The van der Waals surface area contributed by atoms with E-state index in [1.807, 2.05) is 13.8 Å². The third-order valence-electron chi connectivity index (χ3n) is 6.11. The lowest BCUT2D eigenvalue weighted by atomic mass is 9.62. The Bertz CT molecular complexity index is 704. The molecule has 0 bridgehead atoms. The lowest BCUT2D eigenvalue weighted by Gasteiger charge is -2.50. The lowest BCUT2D eigenvalue weighted by Crippen LogP contribution is -2.63. The maximum absolute atomic E-state index is 13.0. The molecule has 6 nitrogen and oxygen atoms in total. The Morgan fingerprint density at radius 1 is 1.33 bits per heavy atom. The van der Waals surface area contributed by atoms with Crippen LogP contribution in [0.25, 0.3) is 0 Å². The molecule has 4 atom stereocenters. The Balaban J connectivity index is 1.58. The minimum atomic E-state index is -3.55. The van der Waals surface area contributed by atoms with Crippen molar-refractivity contribution in [3.63, 3.8) is 0 Å². The lowest BCUT2D eigenvalue weighted by molar-refractivity contribution is -0.0747. The quantitative estimate of drug-likeness (QED) is 0.880. The monoisotopic (exact) mass is 353 g/mol. The highest BCUT2D eigenvalue weighted by atomic mass is 32.2. The summed E-state index contributed by atoms with van der Waals surface area (Å²) in [5.41, 5.74) is 0.736. The fraction of sp³-hybridized carbons (Fsp3) is 0.824. The number of fused-ring (bicyclic) bond motifs is 1. The smallest absolute Gasteiger partial charge is 0.257 e. The van der Waals surface area contributed by atoms with Crippen molar-refractivity contribution >= 4 is 10.0 Å². The molecule has 1 N–H and O–H groups in total. The van der Waals surface area contributed by atoms with Gasteiger partial charge in [-0.15, -0.1) is 0 Å². The Morgan fingerprint density at radius 2 is 2.08 bits per heavy atom. The van der Waals surface area contributed by atoms with E-state index in [0.29, 0.717) is 24.3 Å². The molecule has 134 valence electrons. The standard InChI is InChI=1S/C17H27N3O3S/c1-3-20-14(10-11(2)18-20)24(21,22)19-16-13-8-9-23-17(13)15(16)12-6-4-5-7-12/h10,12-13,15-17,19H,3-9H2,1-2H3/t13-,15+,16+,17-/m1/s1. The normalized spacial score (nSPS) is 33.6. The fourth-order valence-electron chi connectivity index (χ4n) is 5.03. The number of aryl methyl sites for hydroxylation is 2. The van der Waals surface area contributed by atoms with Crippen molar-refractivity contribution in [3.8, 4) is 0 Å². The minimum Gasteiger partial charge on any atom is -0.377 e. The van der Waals surface area contributed by atoms with Crippen molar-refractivity contribution < 1.29 is 13.2 Å². The Hall–Kier alpha value is -0.920. The molecule has 3 fully saturated rings. The Morgan fingerprint density at radius 3 is 2.79 bits per heavy atom. The van der Waals surface area contributed by atoms with Gasteiger partial charge in [0.2, 0.25) is 0 Å². The topological polar surface area (TPSA) is 73.2 Å². The van der Waals surface area contributed by atoms with E-state index in [9.17, 15) is 8.42 Å². The molecule has 0 aromatic carbocycles. The van der Waals surface area contributed by atoms with Gasteiger partial charge in [0.1, 0.15) is 0 Å². The molecule has 1 aromatic rings. The molecule has 0 amide bonds. The molecule has 24 heavy (non-hydrogen) atoms. The Kier molecular flexibility index (Phi) is 4.21. The first kappa shape index (κ1) is 16.5. The first-order valence-corrected chi connectivity index (χ1v) is 10.7. The van der Waals surface area contributed by atoms with Crippen LogP contribution >= 0.6 is 0 Å². The van der Waals surface area contributed by atoms with Crippen molar-refractivity contribution in [1.82, 2.24) is 14.5 Å². The van der Waals surface area contributed by atoms with Crippen molar-refractivity contribution in [1.29, 1.82) is 0 Å². The summed E-state index contributed by atoms with van der Waals surface area (Å²) in [6, 6.07) is 1.68. The predicted molar refractivity (Wildman–Crippen MR) is 90.0 cm³/mol. The van der Waals surface area contributed by atoms with Crippen LogP contribution in [0.15, 0.2) is 11.1 Å². The second-order valence-corrected chi connectivity index (χ2v) is 9.16. The summed E-state index contributed by atoms with van der Waals surface area (Å²) in [4.78, 5) is 0. The summed E-state index contributed by atoms with van der Waals surface area (Å²) in [5.74, 6) is 1.29. The number of hydrogen-bond acceptors (Lipinski definition) is 4. The summed E-state index contributed by atoms with van der Waals surface area (Å²) in [7, 11) is -3.55. The average molecular weight is 353 g/mol. The van der Waals surface area contributed by atoms with Crippen LogP contribution in [0.3, 0.4) is 0 Å². The number of aromatic nitrogens is 2. The second-order valence-electron chi connectivity index (χ2n) is 7.50. The summed E-state index contributed by atoms with van der Waals surface area (Å²) in [6.45, 7) is 5.06. The number of rotatable bonds is 5. The Labute approximate surface area is 144 Å². The zero-order valence-electron chi connectivity index (χ0n) is 14.4. The van der Waals surface area contributed by atoms with Gasteiger partial charge < -0.3 is 4.74 Å². The van der Waals surface area contributed by atoms with Crippen LogP contribution in [0.5, 0.6) is 0 Å². The maximum Gasteiger partial charge on any atom is 0.257 e. The van der Waals surface area contributed by atoms with Gasteiger partial charge in [-0.2, -0.15) is 5.10 Å². The van der Waals surface area contributed by atoms with Gasteiger partial charge in [0.15, 0.2) is 5.03 Å². The fourth-order valence-corrected chi connectivity index (χ4v) is 6.61. The minimum absolute atomic E-state index is 0.0195. The highest BCUT2D eigenvalue weighted by molar-refractivity contribution is 7.89. The highest BCUT2D eigenvalue weighted by Gasteiger charge is 2.57. The van der Waals surface area contributed by atoms with Gasteiger partial charge in [-0.3, -0.25) is 4.68 Å². The van der Waals surface area contributed by atoms with E-state index in [1.54, 1.807) is 10.7 Å². The van der Waals surface area contributed by atoms with Crippen molar-refractivity contribution in [2.24, 2.45) is 17.8 Å². The van der Waals surface area contributed by atoms with Crippen LogP contribution in [-0.2, 0) is 21.3 Å². The SMILES string of the molecule is CCn1nc(C)cc1S(=O)(=O)N[C@H]1[C@H]2CCO[C@H]2[C@H]1C1CCCC1. The number of nitrogens with zero attached hydrogens (tertiary/aromatic N) is 2. The molecule has 0 radical (unpaired) electrons. The molecule has 1 aliphatic heterocycles. The molecule has 0 unspecified atom stereocenters. The molecule has 3 aliphatic rings. The largest absolute Gasteiger partial charge is 0.377 e. The van der Waals surface area contributed by atoms with E-state index in [2.05, 4.69) is 9.82 Å². The van der Waals surface area contributed by atoms with Gasteiger partial charge in [0.05, 0.1) is 11.8 Å².